The summed E-state index contributed by atoms with van der Waals surface area (Å²) >= 11 is 14.1. The van der Waals surface area contributed by atoms with Gasteiger partial charge < -0.3 is 9.73 Å². The fourth-order valence-electron chi connectivity index (χ4n) is 1.85. The van der Waals surface area contributed by atoms with E-state index in [0.717, 1.165) is 23.1 Å². The van der Waals surface area contributed by atoms with Crippen LogP contribution in [-0.4, -0.2) is 26.8 Å². The number of rotatable bonds is 6. The largest absolute Gasteiger partial charge is 0.467 e. The van der Waals surface area contributed by atoms with Gasteiger partial charge in [-0.1, -0.05) is 35.0 Å². The number of hydrogen-bond donors (Lipinski definition) is 2. The molecule has 7 nitrogen and oxygen atoms in total. The summed E-state index contributed by atoms with van der Waals surface area (Å²) < 4.78 is 5.93. The smallest absolute Gasteiger partial charge is 0.278 e. The van der Waals surface area contributed by atoms with Crippen molar-refractivity contribution in [3.8, 4) is 11.3 Å². The number of carbonyl (C=O) groups excluding carboxylic acids is 1. The third-order valence-corrected chi connectivity index (χ3v) is 5.32. The van der Waals surface area contributed by atoms with Crippen molar-refractivity contribution in [1.29, 1.82) is 0 Å². The van der Waals surface area contributed by atoms with Crippen molar-refractivity contribution in [3.63, 3.8) is 0 Å². The van der Waals surface area contributed by atoms with Crippen molar-refractivity contribution in [2.24, 2.45) is 0 Å². The normalized spacial score (nSPS) is 10.8. The molecule has 1 amide bonds. The zero-order valence-electron chi connectivity index (χ0n) is 12.4. The summed E-state index contributed by atoms with van der Waals surface area (Å²) in [5.74, 6) is 0.512. The molecule has 0 saturated carbocycles. The van der Waals surface area contributed by atoms with Crippen LogP contribution in [0.3, 0.4) is 0 Å². The Bertz CT molecular complexity index is 940. The summed E-state index contributed by atoms with van der Waals surface area (Å²) in [5, 5.41) is 10.7. The molecular formula is C14H10Cl2N4O3S2. The van der Waals surface area contributed by atoms with E-state index in [1.54, 1.807) is 18.2 Å². The lowest BCUT2D eigenvalue weighted by atomic mass is 10.2. The second kappa shape index (κ2) is 8.05. The second-order valence-corrected chi connectivity index (χ2v) is 7.94. The SMILES string of the molecule is O=C(CSc1nnc(-c2cc(Cl)sc2Cl)c(=O)[nH]1)NCc1ccco1. The Morgan fingerprint density at radius 3 is 2.88 bits per heavy atom. The minimum Gasteiger partial charge on any atom is -0.467 e. The molecule has 0 spiro atoms. The molecule has 0 aromatic carbocycles. The number of amides is 1. The van der Waals surface area contributed by atoms with Crippen molar-refractivity contribution in [2.75, 3.05) is 5.75 Å². The highest BCUT2D eigenvalue weighted by molar-refractivity contribution is 7.99. The van der Waals surface area contributed by atoms with Crippen molar-refractivity contribution in [2.45, 2.75) is 11.7 Å². The maximum absolute atomic E-state index is 12.1. The lowest BCUT2D eigenvalue weighted by Gasteiger charge is -2.03. The van der Waals surface area contributed by atoms with Crippen LogP contribution >= 0.6 is 46.3 Å². The van der Waals surface area contributed by atoms with E-state index >= 15 is 0 Å². The molecule has 0 atom stereocenters. The van der Waals surface area contributed by atoms with Crippen LogP contribution in [0.4, 0.5) is 0 Å². The summed E-state index contributed by atoms with van der Waals surface area (Å²) in [6, 6.07) is 5.06. The Morgan fingerprint density at radius 2 is 2.24 bits per heavy atom. The van der Waals surface area contributed by atoms with Crippen LogP contribution < -0.4 is 10.9 Å². The van der Waals surface area contributed by atoms with E-state index in [1.165, 1.54) is 6.26 Å². The Morgan fingerprint density at radius 1 is 1.40 bits per heavy atom. The van der Waals surface area contributed by atoms with Crippen LogP contribution in [0, 0.1) is 0 Å². The maximum atomic E-state index is 12.1. The highest BCUT2D eigenvalue weighted by atomic mass is 35.5. The Balaban J connectivity index is 1.60. The molecule has 130 valence electrons. The monoisotopic (exact) mass is 416 g/mol. The third kappa shape index (κ3) is 4.63. The van der Waals surface area contributed by atoms with E-state index in [4.69, 9.17) is 27.6 Å². The number of H-pyrrole nitrogens is 1. The molecule has 3 rings (SSSR count). The van der Waals surface area contributed by atoms with Crippen LogP contribution in [0.25, 0.3) is 11.3 Å². The van der Waals surface area contributed by atoms with Gasteiger partial charge in [-0.15, -0.1) is 21.5 Å². The number of thiophene rings is 1. The van der Waals surface area contributed by atoms with Crippen molar-refractivity contribution < 1.29 is 9.21 Å². The predicted octanol–water partition coefficient (Wildman–Crippen LogP) is 3.20. The number of furan rings is 1. The average molecular weight is 417 g/mol. The quantitative estimate of drug-likeness (QED) is 0.598. The molecule has 0 bridgehead atoms. The molecule has 0 aliphatic carbocycles. The van der Waals surface area contributed by atoms with Gasteiger partial charge in [0.1, 0.15) is 10.1 Å². The minimum absolute atomic E-state index is 0.0791. The summed E-state index contributed by atoms with van der Waals surface area (Å²) in [4.78, 5) is 26.5. The van der Waals surface area contributed by atoms with E-state index in [2.05, 4.69) is 20.5 Å². The summed E-state index contributed by atoms with van der Waals surface area (Å²) in [6.45, 7) is 0.297. The van der Waals surface area contributed by atoms with Gasteiger partial charge >= 0.3 is 0 Å². The molecule has 2 N–H and O–H groups in total. The second-order valence-electron chi connectivity index (χ2n) is 4.69. The molecule has 0 aliphatic heterocycles. The van der Waals surface area contributed by atoms with Gasteiger partial charge in [-0.25, -0.2) is 0 Å². The number of aromatic nitrogens is 3. The lowest BCUT2D eigenvalue weighted by Crippen LogP contribution is -2.24. The standard InChI is InChI=1S/C14H10Cl2N4O3S2/c15-9-4-8(12(16)25-9)11-13(22)18-14(20-19-11)24-6-10(21)17-5-7-2-1-3-23-7/h1-4H,5-6H2,(H,17,21)(H,18,20,22). The molecule has 11 heteroatoms. The summed E-state index contributed by atoms with van der Waals surface area (Å²) in [6.07, 6.45) is 1.53. The summed E-state index contributed by atoms with van der Waals surface area (Å²) in [7, 11) is 0. The number of nitrogens with one attached hydrogen (secondary N) is 2. The van der Waals surface area contributed by atoms with Gasteiger partial charge in [0.05, 0.1) is 22.9 Å². The fourth-order valence-corrected chi connectivity index (χ4v) is 3.95. The summed E-state index contributed by atoms with van der Waals surface area (Å²) in [5.41, 5.74) is 0.0581. The number of thioether (sulfide) groups is 1. The lowest BCUT2D eigenvalue weighted by molar-refractivity contribution is -0.118. The molecule has 25 heavy (non-hydrogen) atoms. The zero-order chi connectivity index (χ0) is 17.8. The van der Waals surface area contributed by atoms with Crippen molar-refractivity contribution in [1.82, 2.24) is 20.5 Å². The van der Waals surface area contributed by atoms with E-state index in [-0.39, 0.29) is 22.5 Å². The van der Waals surface area contributed by atoms with Gasteiger partial charge in [0.25, 0.3) is 5.56 Å². The average Bonchev–Trinajstić information content (AvgIpc) is 3.20. The molecule has 3 aromatic heterocycles. The molecule has 3 heterocycles. The molecule has 3 aromatic rings. The predicted molar refractivity (Wildman–Crippen MR) is 97.3 cm³/mol. The number of nitrogens with zero attached hydrogens (tertiary/aromatic N) is 2. The topological polar surface area (TPSA) is 101 Å². The number of carbonyl (C=O) groups is 1. The van der Waals surface area contributed by atoms with Gasteiger partial charge in [-0.2, -0.15) is 0 Å². The molecule has 0 radical (unpaired) electrons. The Hall–Kier alpha value is -1.81. The van der Waals surface area contributed by atoms with Crippen LogP contribution in [0.1, 0.15) is 5.76 Å². The van der Waals surface area contributed by atoms with Crippen molar-refractivity contribution >= 4 is 52.2 Å². The van der Waals surface area contributed by atoms with Crippen LogP contribution in [0.15, 0.2) is 38.8 Å². The fraction of sp³-hybridized carbons (Fsp3) is 0.143. The van der Waals surface area contributed by atoms with Gasteiger partial charge in [0.15, 0.2) is 10.9 Å². The maximum Gasteiger partial charge on any atom is 0.278 e. The van der Waals surface area contributed by atoms with Crippen LogP contribution in [-0.2, 0) is 11.3 Å². The Labute approximate surface area is 159 Å². The molecule has 0 saturated heterocycles. The van der Waals surface area contributed by atoms with Crippen molar-refractivity contribution in [3.05, 3.63) is 49.2 Å². The first kappa shape index (κ1) is 18.0. The minimum atomic E-state index is -0.454. The number of hydrogen-bond acceptors (Lipinski definition) is 7. The van der Waals surface area contributed by atoms with Gasteiger partial charge in [-0.05, 0) is 18.2 Å². The van der Waals surface area contributed by atoms with E-state index < -0.39 is 5.56 Å². The van der Waals surface area contributed by atoms with Crippen LogP contribution in [0.5, 0.6) is 0 Å². The van der Waals surface area contributed by atoms with Crippen LogP contribution in [0.2, 0.25) is 8.67 Å². The molecular weight excluding hydrogens is 407 g/mol. The highest BCUT2D eigenvalue weighted by Gasteiger charge is 2.15. The van der Waals surface area contributed by atoms with E-state index in [1.807, 2.05) is 0 Å². The third-order valence-electron chi connectivity index (χ3n) is 2.97. The molecule has 0 unspecified atom stereocenters. The number of aromatic amines is 1. The van der Waals surface area contributed by atoms with Gasteiger partial charge in [-0.3, -0.25) is 14.6 Å². The highest BCUT2D eigenvalue weighted by Crippen LogP contribution is 2.35. The molecule has 0 aliphatic rings. The zero-order valence-corrected chi connectivity index (χ0v) is 15.6. The number of halogens is 2. The van der Waals surface area contributed by atoms with Gasteiger partial charge in [0.2, 0.25) is 5.91 Å². The van der Waals surface area contributed by atoms with E-state index in [9.17, 15) is 9.59 Å². The van der Waals surface area contributed by atoms with E-state index in [0.29, 0.717) is 26.5 Å². The van der Waals surface area contributed by atoms with Gasteiger partial charge in [0, 0.05) is 5.56 Å². The first-order chi connectivity index (χ1) is 12.0. The Kier molecular flexibility index (Phi) is 5.79. The molecule has 0 fully saturated rings. The first-order valence-corrected chi connectivity index (χ1v) is 9.43. The first-order valence-electron chi connectivity index (χ1n) is 6.87.